The summed E-state index contributed by atoms with van der Waals surface area (Å²) in [5, 5.41) is 0. The third-order valence-corrected chi connectivity index (χ3v) is 3.42. The van der Waals surface area contributed by atoms with Gasteiger partial charge in [0.05, 0.1) is 12.7 Å². The first-order valence-corrected chi connectivity index (χ1v) is 5.66. The molecule has 2 heteroatoms. The van der Waals surface area contributed by atoms with Gasteiger partial charge < -0.3 is 4.74 Å². The zero-order valence-corrected chi connectivity index (χ0v) is 9.38. The smallest absolute Gasteiger partial charge is 0.0657 e. The maximum atomic E-state index is 5.80. The molecule has 14 heavy (non-hydrogen) atoms. The molecular formula is C12H21NO. The van der Waals surface area contributed by atoms with Crippen LogP contribution in [0.25, 0.3) is 0 Å². The van der Waals surface area contributed by atoms with Crippen LogP contribution in [0.2, 0.25) is 0 Å². The van der Waals surface area contributed by atoms with E-state index >= 15 is 0 Å². The van der Waals surface area contributed by atoms with Gasteiger partial charge in [-0.15, -0.1) is 0 Å². The summed E-state index contributed by atoms with van der Waals surface area (Å²) in [5.41, 5.74) is 1.71. The van der Waals surface area contributed by atoms with Crippen molar-refractivity contribution in [2.45, 2.75) is 44.8 Å². The summed E-state index contributed by atoms with van der Waals surface area (Å²) in [6.07, 6.45) is 4.12. The van der Waals surface area contributed by atoms with Crippen molar-refractivity contribution in [2.75, 3.05) is 19.7 Å². The molecule has 0 aromatic carbocycles. The van der Waals surface area contributed by atoms with E-state index in [4.69, 9.17) is 4.74 Å². The van der Waals surface area contributed by atoms with Crippen LogP contribution in [0, 0.1) is 0 Å². The van der Waals surface area contributed by atoms with Crippen molar-refractivity contribution in [3.8, 4) is 0 Å². The zero-order valence-electron chi connectivity index (χ0n) is 9.38. The molecule has 1 unspecified atom stereocenters. The predicted octanol–water partition coefficient (Wildman–Crippen LogP) is 2.21. The molecule has 80 valence electrons. The summed E-state index contributed by atoms with van der Waals surface area (Å²) in [6, 6.07) is 0. The van der Waals surface area contributed by atoms with E-state index < -0.39 is 0 Å². The first-order chi connectivity index (χ1) is 6.62. The monoisotopic (exact) mass is 195 g/mol. The average Bonchev–Trinajstić information content (AvgIpc) is 2.56. The molecule has 2 fully saturated rings. The molecule has 0 N–H and O–H groups in total. The van der Waals surface area contributed by atoms with Gasteiger partial charge in [0.15, 0.2) is 0 Å². The van der Waals surface area contributed by atoms with Crippen LogP contribution in [0.1, 0.15) is 33.1 Å². The Labute approximate surface area is 86.9 Å². The molecule has 1 atom stereocenters. The Kier molecular flexibility index (Phi) is 2.67. The van der Waals surface area contributed by atoms with Gasteiger partial charge in [0.2, 0.25) is 0 Å². The molecule has 0 bridgehead atoms. The Balaban J connectivity index is 2.01. The van der Waals surface area contributed by atoms with Gasteiger partial charge in [-0.2, -0.15) is 0 Å². The molecule has 0 saturated carbocycles. The molecule has 2 heterocycles. The Morgan fingerprint density at radius 1 is 1.57 bits per heavy atom. The first-order valence-electron chi connectivity index (χ1n) is 5.66. The summed E-state index contributed by atoms with van der Waals surface area (Å²) in [4.78, 5) is 2.57. The van der Waals surface area contributed by atoms with Gasteiger partial charge in [0.1, 0.15) is 0 Å². The van der Waals surface area contributed by atoms with Crippen LogP contribution in [0.5, 0.6) is 0 Å². The van der Waals surface area contributed by atoms with Crippen LogP contribution in [-0.2, 0) is 4.74 Å². The fourth-order valence-corrected chi connectivity index (χ4v) is 2.77. The van der Waals surface area contributed by atoms with Gasteiger partial charge in [0, 0.05) is 12.1 Å². The van der Waals surface area contributed by atoms with Crippen molar-refractivity contribution < 1.29 is 4.74 Å². The van der Waals surface area contributed by atoms with Gasteiger partial charge in [-0.1, -0.05) is 12.2 Å². The lowest BCUT2D eigenvalue weighted by Crippen LogP contribution is -2.43. The van der Waals surface area contributed by atoms with Crippen LogP contribution in [-0.4, -0.2) is 36.2 Å². The van der Waals surface area contributed by atoms with Gasteiger partial charge >= 0.3 is 0 Å². The topological polar surface area (TPSA) is 12.5 Å². The number of hydrogen-bond donors (Lipinski definition) is 0. The highest BCUT2D eigenvalue weighted by molar-refractivity contribution is 5.17. The van der Waals surface area contributed by atoms with E-state index in [-0.39, 0.29) is 0 Å². The van der Waals surface area contributed by atoms with Gasteiger partial charge in [-0.3, -0.25) is 4.90 Å². The summed E-state index contributed by atoms with van der Waals surface area (Å²) >= 11 is 0. The second kappa shape index (κ2) is 3.67. The van der Waals surface area contributed by atoms with Crippen LogP contribution >= 0.6 is 0 Å². The minimum Gasteiger partial charge on any atom is -0.377 e. The molecule has 2 saturated heterocycles. The maximum Gasteiger partial charge on any atom is 0.0657 e. The zero-order chi connectivity index (χ0) is 10.2. The van der Waals surface area contributed by atoms with E-state index in [1.54, 1.807) is 0 Å². The number of hydrogen-bond acceptors (Lipinski definition) is 2. The number of fused-ring (bicyclic) bond motifs is 1. The Morgan fingerprint density at radius 3 is 3.07 bits per heavy atom. The van der Waals surface area contributed by atoms with E-state index in [9.17, 15) is 0 Å². The van der Waals surface area contributed by atoms with E-state index in [1.807, 2.05) is 0 Å². The molecule has 2 aliphatic heterocycles. The highest BCUT2D eigenvalue weighted by atomic mass is 16.5. The molecule has 2 rings (SSSR count). The van der Waals surface area contributed by atoms with Crippen LogP contribution in [0.4, 0.5) is 0 Å². The van der Waals surface area contributed by atoms with Crippen molar-refractivity contribution >= 4 is 0 Å². The van der Waals surface area contributed by atoms with Crippen LogP contribution < -0.4 is 0 Å². The van der Waals surface area contributed by atoms with E-state index in [0.29, 0.717) is 11.6 Å². The SMILES string of the molecule is C=C1CN2CCCC2(COC(C)C)C1. The molecule has 0 aromatic heterocycles. The lowest BCUT2D eigenvalue weighted by molar-refractivity contribution is 0.00329. The highest BCUT2D eigenvalue weighted by Gasteiger charge is 2.45. The van der Waals surface area contributed by atoms with Crippen molar-refractivity contribution in [3.05, 3.63) is 12.2 Å². The number of rotatable bonds is 3. The third-order valence-electron chi connectivity index (χ3n) is 3.42. The quantitative estimate of drug-likeness (QED) is 0.640. The molecule has 2 aliphatic rings. The lowest BCUT2D eigenvalue weighted by Gasteiger charge is -2.32. The fourth-order valence-electron chi connectivity index (χ4n) is 2.77. The van der Waals surface area contributed by atoms with Crippen LogP contribution in [0.15, 0.2) is 12.2 Å². The molecule has 0 spiro atoms. The average molecular weight is 195 g/mol. The first kappa shape index (κ1) is 10.2. The minimum absolute atomic E-state index is 0.321. The maximum absolute atomic E-state index is 5.80. The van der Waals surface area contributed by atoms with Crippen molar-refractivity contribution in [1.82, 2.24) is 4.90 Å². The summed E-state index contributed by atoms with van der Waals surface area (Å²) in [5.74, 6) is 0. The molecule has 2 nitrogen and oxygen atoms in total. The standard InChI is InChI=1S/C12H21NO/c1-10(2)14-9-12-5-4-6-13(12)8-11(3)7-12/h10H,3-9H2,1-2H3. The van der Waals surface area contributed by atoms with Crippen molar-refractivity contribution in [3.63, 3.8) is 0 Å². The van der Waals surface area contributed by atoms with Gasteiger partial charge in [-0.25, -0.2) is 0 Å². The molecule has 0 amide bonds. The summed E-state index contributed by atoms with van der Waals surface area (Å²) in [7, 11) is 0. The third kappa shape index (κ3) is 1.73. The highest BCUT2D eigenvalue weighted by Crippen LogP contribution is 2.40. The second-order valence-electron chi connectivity index (χ2n) is 5.04. The summed E-state index contributed by atoms with van der Waals surface area (Å²) < 4.78 is 5.80. The molecule has 0 aliphatic carbocycles. The predicted molar refractivity (Wildman–Crippen MR) is 58.4 cm³/mol. The van der Waals surface area contributed by atoms with Gasteiger partial charge in [-0.05, 0) is 39.7 Å². The van der Waals surface area contributed by atoms with E-state index in [1.165, 1.54) is 25.0 Å². The number of ether oxygens (including phenoxy) is 1. The Morgan fingerprint density at radius 2 is 2.36 bits per heavy atom. The second-order valence-corrected chi connectivity index (χ2v) is 5.04. The Hall–Kier alpha value is -0.340. The molecule has 0 aromatic rings. The van der Waals surface area contributed by atoms with Crippen molar-refractivity contribution in [1.29, 1.82) is 0 Å². The van der Waals surface area contributed by atoms with Gasteiger partial charge in [0.25, 0.3) is 0 Å². The van der Waals surface area contributed by atoms with Crippen LogP contribution in [0.3, 0.4) is 0 Å². The van der Waals surface area contributed by atoms with E-state index in [2.05, 4.69) is 25.3 Å². The fraction of sp³-hybridized carbons (Fsp3) is 0.833. The number of nitrogens with zero attached hydrogens (tertiary/aromatic N) is 1. The lowest BCUT2D eigenvalue weighted by atomic mass is 9.94. The van der Waals surface area contributed by atoms with Crippen molar-refractivity contribution in [2.24, 2.45) is 0 Å². The largest absolute Gasteiger partial charge is 0.377 e. The van der Waals surface area contributed by atoms with E-state index in [0.717, 1.165) is 19.6 Å². The minimum atomic E-state index is 0.321. The Bertz CT molecular complexity index is 236. The summed E-state index contributed by atoms with van der Waals surface area (Å²) in [6.45, 7) is 11.6. The normalized spacial score (nSPS) is 32.9. The molecule has 0 radical (unpaired) electrons. The molecular weight excluding hydrogens is 174 g/mol.